The van der Waals surface area contributed by atoms with Gasteiger partial charge in [0.25, 0.3) is 0 Å². The van der Waals surface area contributed by atoms with Gasteiger partial charge in [0.1, 0.15) is 0 Å². The smallest absolute Gasteiger partial charge is 0.0239 e. The van der Waals surface area contributed by atoms with Gasteiger partial charge in [0, 0.05) is 18.0 Å². The number of rotatable bonds is 1. The van der Waals surface area contributed by atoms with Crippen LogP contribution in [0.25, 0.3) is 0 Å². The molecule has 0 spiro atoms. The first kappa shape index (κ1) is 11.9. The summed E-state index contributed by atoms with van der Waals surface area (Å²) in [7, 11) is 0. The van der Waals surface area contributed by atoms with Crippen LogP contribution in [0.2, 0.25) is 0 Å². The van der Waals surface area contributed by atoms with Crippen LogP contribution in [-0.2, 0) is 0 Å². The van der Waals surface area contributed by atoms with Gasteiger partial charge in [-0.15, -0.1) is 12.3 Å². The monoisotopic (exact) mass is 239 g/mol. The Bertz CT molecular complexity index is 482. The second-order valence-corrected chi connectivity index (χ2v) is 6.01. The van der Waals surface area contributed by atoms with Crippen LogP contribution in [0, 0.1) is 53.8 Å². The summed E-state index contributed by atoms with van der Waals surface area (Å²) in [6, 6.07) is 0. The largest absolute Gasteiger partial charge is 0.316 e. The van der Waals surface area contributed by atoms with E-state index in [4.69, 9.17) is 6.42 Å². The average molecular weight is 239 g/mol. The van der Waals surface area contributed by atoms with E-state index in [1.54, 1.807) is 5.57 Å². The van der Waals surface area contributed by atoms with Crippen molar-refractivity contribution in [1.29, 1.82) is 0 Å². The number of hydrogen-bond acceptors (Lipinski definition) is 1. The molecule has 3 rings (SSSR count). The van der Waals surface area contributed by atoms with Crippen LogP contribution in [-0.4, -0.2) is 13.1 Å². The third-order valence-corrected chi connectivity index (χ3v) is 5.23. The maximum Gasteiger partial charge on any atom is 0.0239 e. The van der Waals surface area contributed by atoms with Crippen LogP contribution in [0.3, 0.4) is 0 Å². The van der Waals surface area contributed by atoms with Gasteiger partial charge in [-0.05, 0) is 50.0 Å². The lowest BCUT2D eigenvalue weighted by Crippen LogP contribution is -2.37. The van der Waals surface area contributed by atoms with Gasteiger partial charge in [0.15, 0.2) is 0 Å². The van der Waals surface area contributed by atoms with E-state index < -0.39 is 0 Å². The van der Waals surface area contributed by atoms with Crippen molar-refractivity contribution in [2.24, 2.45) is 29.6 Å². The Labute approximate surface area is 110 Å². The molecule has 2 fully saturated rings. The molecule has 1 nitrogen and oxygen atoms in total. The predicted molar refractivity (Wildman–Crippen MR) is 74.5 cm³/mol. The molecule has 1 heteroatoms. The number of allylic oxidation sites excluding steroid dienone is 1. The Morgan fingerprint density at radius 3 is 2.78 bits per heavy atom. The van der Waals surface area contributed by atoms with Crippen molar-refractivity contribution in [2.75, 3.05) is 13.1 Å². The summed E-state index contributed by atoms with van der Waals surface area (Å²) in [4.78, 5) is 0. The number of nitrogens with one attached hydrogen (secondary N) is 1. The van der Waals surface area contributed by atoms with E-state index in [1.165, 1.54) is 12.0 Å². The molecule has 3 aliphatic rings. The summed E-state index contributed by atoms with van der Waals surface area (Å²) in [5.74, 6) is 12.9. The van der Waals surface area contributed by atoms with E-state index in [0.717, 1.165) is 31.3 Å². The second-order valence-electron chi connectivity index (χ2n) is 6.01. The van der Waals surface area contributed by atoms with Gasteiger partial charge in [-0.25, -0.2) is 0 Å². The van der Waals surface area contributed by atoms with Crippen LogP contribution in [0.15, 0.2) is 11.1 Å². The lowest BCUT2D eigenvalue weighted by atomic mass is 9.61. The Morgan fingerprint density at radius 1 is 1.28 bits per heavy atom. The first-order valence-electron chi connectivity index (χ1n) is 7.08. The highest BCUT2D eigenvalue weighted by Crippen LogP contribution is 2.52. The van der Waals surface area contributed by atoms with E-state index in [2.05, 4.69) is 30.0 Å². The number of terminal acetylenes is 1. The molecule has 0 aromatic rings. The molecule has 0 aromatic heterocycles. The van der Waals surface area contributed by atoms with E-state index in [0.29, 0.717) is 17.8 Å². The van der Waals surface area contributed by atoms with Gasteiger partial charge in [-0.3, -0.25) is 0 Å². The van der Waals surface area contributed by atoms with Crippen molar-refractivity contribution < 1.29 is 0 Å². The van der Waals surface area contributed by atoms with Gasteiger partial charge >= 0.3 is 0 Å². The number of fused-ring (bicyclic) bond motifs is 1. The highest BCUT2D eigenvalue weighted by atomic mass is 14.9. The minimum Gasteiger partial charge on any atom is -0.316 e. The average Bonchev–Trinajstić information content (AvgIpc) is 2.94. The Kier molecular flexibility index (Phi) is 2.96. The second kappa shape index (κ2) is 4.49. The number of hydrogen-bond donors (Lipinski definition) is 1. The van der Waals surface area contributed by atoms with Gasteiger partial charge in [-0.2, -0.15) is 0 Å². The van der Waals surface area contributed by atoms with E-state index >= 15 is 0 Å². The van der Waals surface area contributed by atoms with Crippen molar-refractivity contribution in [3.63, 3.8) is 0 Å². The minimum absolute atomic E-state index is 0.597. The normalized spacial score (nSPS) is 41.7. The van der Waals surface area contributed by atoms with Crippen molar-refractivity contribution in [3.05, 3.63) is 11.1 Å². The molecule has 1 saturated carbocycles. The molecule has 0 amide bonds. The van der Waals surface area contributed by atoms with E-state index in [9.17, 15) is 0 Å². The third-order valence-electron chi connectivity index (χ3n) is 5.23. The van der Waals surface area contributed by atoms with Crippen molar-refractivity contribution in [1.82, 2.24) is 5.32 Å². The lowest BCUT2D eigenvalue weighted by molar-refractivity contribution is 0.157. The molecule has 1 heterocycles. The molecule has 5 atom stereocenters. The first-order valence-corrected chi connectivity index (χ1v) is 7.08. The van der Waals surface area contributed by atoms with Crippen LogP contribution in [0.5, 0.6) is 0 Å². The fourth-order valence-corrected chi connectivity index (χ4v) is 4.13. The standard InChI is InChI=1S/C17H21N/c1-4-6-13-8-15(11(13)3)17-12(5-2)7-14-9-18-10-16(14)17/h2,11,13-16,18H,7-10H2,1,3H3/t11?,13?,14-,15?,16?/m0/s1. The predicted octanol–water partition coefficient (Wildman–Crippen LogP) is 2.45. The highest BCUT2D eigenvalue weighted by molar-refractivity contribution is 5.42. The quantitative estimate of drug-likeness (QED) is 0.693. The van der Waals surface area contributed by atoms with Gasteiger partial charge in [-0.1, -0.05) is 24.3 Å². The third kappa shape index (κ3) is 1.62. The topological polar surface area (TPSA) is 12.0 Å². The summed E-state index contributed by atoms with van der Waals surface area (Å²) < 4.78 is 0. The molecule has 0 aromatic carbocycles. The van der Waals surface area contributed by atoms with Gasteiger partial charge < -0.3 is 5.32 Å². The van der Waals surface area contributed by atoms with Crippen molar-refractivity contribution in [3.8, 4) is 24.2 Å². The zero-order valence-corrected chi connectivity index (χ0v) is 11.3. The van der Waals surface area contributed by atoms with Gasteiger partial charge in [0.2, 0.25) is 0 Å². The molecule has 2 aliphatic carbocycles. The van der Waals surface area contributed by atoms with Gasteiger partial charge in [0.05, 0.1) is 0 Å². The lowest BCUT2D eigenvalue weighted by Gasteiger charge is -2.43. The van der Waals surface area contributed by atoms with Crippen molar-refractivity contribution >= 4 is 0 Å². The van der Waals surface area contributed by atoms with Crippen molar-refractivity contribution in [2.45, 2.75) is 26.7 Å². The first-order chi connectivity index (χ1) is 8.76. The summed E-state index contributed by atoms with van der Waals surface area (Å²) in [5.41, 5.74) is 2.94. The van der Waals surface area contributed by atoms with Crippen LogP contribution >= 0.6 is 0 Å². The molecule has 18 heavy (non-hydrogen) atoms. The SMILES string of the molecule is C#CC1=C(C2CC(C#CC)C2C)C2CNC[C@@H]2C1. The Hall–Kier alpha value is -1.18. The molecule has 1 saturated heterocycles. The molecule has 4 unspecified atom stereocenters. The molecule has 1 N–H and O–H groups in total. The summed E-state index contributed by atoms with van der Waals surface area (Å²) in [5, 5.41) is 3.52. The zero-order valence-electron chi connectivity index (χ0n) is 11.3. The fourth-order valence-electron chi connectivity index (χ4n) is 4.13. The van der Waals surface area contributed by atoms with E-state index in [1.807, 2.05) is 6.92 Å². The Morgan fingerprint density at radius 2 is 2.11 bits per heavy atom. The summed E-state index contributed by atoms with van der Waals surface area (Å²) in [6.45, 7) is 6.58. The summed E-state index contributed by atoms with van der Waals surface area (Å²) in [6.07, 6.45) is 8.09. The minimum atomic E-state index is 0.597. The molecule has 0 bridgehead atoms. The van der Waals surface area contributed by atoms with Crippen LogP contribution in [0.4, 0.5) is 0 Å². The zero-order chi connectivity index (χ0) is 12.7. The van der Waals surface area contributed by atoms with Crippen LogP contribution in [0.1, 0.15) is 26.7 Å². The molecule has 0 radical (unpaired) electrons. The maximum atomic E-state index is 5.73. The molecule has 1 aliphatic heterocycles. The van der Waals surface area contributed by atoms with E-state index in [-0.39, 0.29) is 0 Å². The summed E-state index contributed by atoms with van der Waals surface area (Å²) >= 11 is 0. The highest BCUT2D eigenvalue weighted by Gasteiger charge is 2.47. The molecular formula is C17H21N. The fraction of sp³-hybridized carbons (Fsp3) is 0.647. The molecule has 94 valence electrons. The molecular weight excluding hydrogens is 218 g/mol. The van der Waals surface area contributed by atoms with Crippen LogP contribution < -0.4 is 5.32 Å². The maximum absolute atomic E-state index is 5.73. The Balaban J connectivity index is 1.83.